The van der Waals surface area contributed by atoms with Gasteiger partial charge in [-0.1, -0.05) is 77.8 Å². The van der Waals surface area contributed by atoms with Crippen molar-refractivity contribution in [3.63, 3.8) is 0 Å². The Balaban J connectivity index is 1.88. The van der Waals surface area contributed by atoms with Gasteiger partial charge in [-0.3, -0.25) is 9.59 Å². The van der Waals surface area contributed by atoms with E-state index in [1.807, 2.05) is 57.2 Å². The van der Waals surface area contributed by atoms with E-state index in [1.54, 1.807) is 30.3 Å². The predicted octanol–water partition coefficient (Wildman–Crippen LogP) is 6.92. The third-order valence-electron chi connectivity index (χ3n) is 5.55. The number of rotatable bonds is 10. The summed E-state index contributed by atoms with van der Waals surface area (Å²) in [5, 5.41) is 3.93. The van der Waals surface area contributed by atoms with Crippen molar-refractivity contribution in [1.29, 1.82) is 0 Å². The molecule has 0 saturated heterocycles. The topological polar surface area (TPSA) is 49.4 Å². The highest BCUT2D eigenvalue weighted by Gasteiger charge is 2.32. The van der Waals surface area contributed by atoms with E-state index in [0.717, 1.165) is 11.1 Å². The van der Waals surface area contributed by atoms with Gasteiger partial charge in [0.25, 0.3) is 0 Å². The zero-order chi connectivity index (χ0) is 27.0. The summed E-state index contributed by atoms with van der Waals surface area (Å²) in [5.41, 5.74) is 1.69. The van der Waals surface area contributed by atoms with Gasteiger partial charge in [0.1, 0.15) is 11.9 Å². The summed E-state index contributed by atoms with van der Waals surface area (Å²) >= 11 is 13.5. The van der Waals surface area contributed by atoms with Gasteiger partial charge in [-0.05, 0) is 50.1 Å². The molecular weight excluding hydrogens is 530 g/mol. The average molecular weight is 562 g/mol. The Hall–Kier alpha value is -2.54. The number of carbonyl (C=O) groups excluding carboxylic acids is 2. The maximum atomic E-state index is 14.7. The molecule has 0 bridgehead atoms. The Morgan fingerprint density at radius 1 is 0.946 bits per heavy atom. The summed E-state index contributed by atoms with van der Waals surface area (Å²) in [6, 6.07) is 20.4. The van der Waals surface area contributed by atoms with Crippen LogP contribution >= 0.6 is 35.0 Å². The van der Waals surface area contributed by atoms with Crippen molar-refractivity contribution in [1.82, 2.24) is 10.2 Å². The lowest BCUT2D eigenvalue weighted by Crippen LogP contribution is -2.54. The number of hydrogen-bond acceptors (Lipinski definition) is 3. The Morgan fingerprint density at radius 3 is 2.27 bits per heavy atom. The van der Waals surface area contributed by atoms with Crippen LogP contribution in [0.1, 0.15) is 37.5 Å². The lowest BCUT2D eigenvalue weighted by atomic mass is 10.0. The maximum absolute atomic E-state index is 14.7. The highest BCUT2D eigenvalue weighted by Crippen LogP contribution is 2.25. The highest BCUT2D eigenvalue weighted by atomic mass is 35.5. The van der Waals surface area contributed by atoms with Crippen molar-refractivity contribution in [2.45, 2.75) is 51.1 Å². The molecule has 4 nitrogen and oxygen atoms in total. The number of carbonyl (C=O) groups is 2. The van der Waals surface area contributed by atoms with Crippen molar-refractivity contribution >= 4 is 46.8 Å². The van der Waals surface area contributed by atoms with E-state index in [-0.39, 0.29) is 24.1 Å². The van der Waals surface area contributed by atoms with Gasteiger partial charge in [-0.2, -0.15) is 0 Å². The molecular formula is C29H31Cl2FN2O2S. The Kier molecular flexibility index (Phi) is 10.4. The number of nitrogens with zero attached hydrogens (tertiary/aromatic N) is 1. The van der Waals surface area contributed by atoms with Gasteiger partial charge in [-0.15, -0.1) is 11.8 Å². The number of benzene rings is 3. The summed E-state index contributed by atoms with van der Waals surface area (Å²) in [5.74, 6) is -0.302. The van der Waals surface area contributed by atoms with Gasteiger partial charge in [0.15, 0.2) is 0 Å². The largest absolute Gasteiger partial charge is 0.350 e. The Bertz CT molecular complexity index is 1220. The molecule has 0 aliphatic carbocycles. The van der Waals surface area contributed by atoms with E-state index >= 15 is 0 Å². The van der Waals surface area contributed by atoms with E-state index in [0.29, 0.717) is 27.8 Å². The van der Waals surface area contributed by atoms with E-state index in [4.69, 9.17) is 23.2 Å². The second-order valence-corrected chi connectivity index (χ2v) is 11.6. The van der Waals surface area contributed by atoms with Crippen LogP contribution in [-0.2, 0) is 28.3 Å². The highest BCUT2D eigenvalue weighted by molar-refractivity contribution is 7.99. The molecule has 37 heavy (non-hydrogen) atoms. The van der Waals surface area contributed by atoms with Crippen LogP contribution in [0.5, 0.6) is 0 Å². The van der Waals surface area contributed by atoms with Gasteiger partial charge in [0, 0.05) is 29.8 Å². The maximum Gasteiger partial charge on any atom is 0.243 e. The second kappa shape index (κ2) is 13.3. The summed E-state index contributed by atoms with van der Waals surface area (Å²) in [6.45, 7) is 5.65. The molecule has 3 aromatic rings. The van der Waals surface area contributed by atoms with Crippen LogP contribution in [0.25, 0.3) is 0 Å². The van der Waals surface area contributed by atoms with Crippen LogP contribution < -0.4 is 5.32 Å². The Morgan fingerprint density at radius 2 is 1.62 bits per heavy atom. The summed E-state index contributed by atoms with van der Waals surface area (Å²) in [6.07, 6.45) is 0.306. The molecule has 3 aromatic carbocycles. The molecule has 1 atom stereocenters. The molecule has 0 spiro atoms. The molecule has 0 aliphatic heterocycles. The van der Waals surface area contributed by atoms with Gasteiger partial charge in [0.05, 0.1) is 15.8 Å². The van der Waals surface area contributed by atoms with Crippen molar-refractivity contribution in [2.24, 2.45) is 0 Å². The monoisotopic (exact) mass is 560 g/mol. The van der Waals surface area contributed by atoms with E-state index in [9.17, 15) is 14.0 Å². The third-order valence-corrected chi connectivity index (χ3v) is 7.27. The average Bonchev–Trinajstić information content (AvgIpc) is 2.84. The molecule has 0 aromatic heterocycles. The smallest absolute Gasteiger partial charge is 0.243 e. The van der Waals surface area contributed by atoms with Gasteiger partial charge in [0.2, 0.25) is 11.8 Å². The molecule has 2 amide bonds. The fourth-order valence-corrected chi connectivity index (χ4v) is 4.96. The first-order valence-electron chi connectivity index (χ1n) is 11.9. The summed E-state index contributed by atoms with van der Waals surface area (Å²) in [4.78, 5) is 28.6. The molecule has 3 rings (SSSR count). The van der Waals surface area contributed by atoms with Gasteiger partial charge >= 0.3 is 0 Å². The van der Waals surface area contributed by atoms with E-state index in [1.165, 1.54) is 22.7 Å². The molecule has 1 unspecified atom stereocenters. The minimum absolute atomic E-state index is 0.0199. The van der Waals surface area contributed by atoms with E-state index in [2.05, 4.69) is 5.32 Å². The number of hydrogen-bond donors (Lipinski definition) is 1. The molecule has 196 valence electrons. The minimum Gasteiger partial charge on any atom is -0.350 e. The first-order chi connectivity index (χ1) is 17.5. The fraction of sp³-hybridized carbons (Fsp3) is 0.310. The van der Waals surface area contributed by atoms with Crippen LogP contribution in [0.3, 0.4) is 0 Å². The normalized spacial score (nSPS) is 12.2. The number of halogens is 3. The number of nitrogens with one attached hydrogen (secondary N) is 1. The fourth-order valence-electron chi connectivity index (χ4n) is 3.79. The van der Waals surface area contributed by atoms with Crippen molar-refractivity contribution < 1.29 is 14.0 Å². The van der Waals surface area contributed by atoms with Crippen molar-refractivity contribution in [3.8, 4) is 0 Å². The molecule has 1 N–H and O–H groups in total. The molecule has 0 fully saturated rings. The quantitative estimate of drug-likeness (QED) is 0.292. The minimum atomic E-state index is -0.820. The van der Waals surface area contributed by atoms with Crippen LogP contribution in [-0.4, -0.2) is 34.0 Å². The van der Waals surface area contributed by atoms with Crippen molar-refractivity contribution in [2.75, 3.05) is 5.75 Å². The van der Waals surface area contributed by atoms with Gasteiger partial charge < -0.3 is 10.2 Å². The first kappa shape index (κ1) is 29.0. The zero-order valence-electron chi connectivity index (χ0n) is 21.1. The van der Waals surface area contributed by atoms with Gasteiger partial charge in [-0.25, -0.2) is 4.39 Å². The zero-order valence-corrected chi connectivity index (χ0v) is 23.5. The molecule has 0 heterocycles. The third kappa shape index (κ3) is 9.06. The summed E-state index contributed by atoms with van der Waals surface area (Å²) in [7, 11) is 0. The SMILES string of the molecule is CC(C)(C)NC(=O)C(Cc1ccccc1)N(Cc1ccccc1F)C(=O)CSCc1ccc(Cl)c(Cl)c1. The lowest BCUT2D eigenvalue weighted by Gasteiger charge is -2.34. The lowest BCUT2D eigenvalue weighted by molar-refractivity contribution is -0.140. The predicted molar refractivity (Wildman–Crippen MR) is 151 cm³/mol. The number of thioether (sulfide) groups is 1. The Labute approximate surface area is 232 Å². The number of amides is 2. The standard InChI is InChI=1S/C29H31Cl2FN2O2S/c1-29(2,3)33-28(36)26(16-20-9-5-4-6-10-20)34(17-22-11-7-8-12-25(22)32)27(35)19-37-18-21-13-14-23(30)24(31)15-21/h4-15,26H,16-19H2,1-3H3,(H,33,36). The molecule has 0 saturated carbocycles. The van der Waals surface area contributed by atoms with Crippen LogP contribution in [0.2, 0.25) is 10.0 Å². The molecule has 8 heteroatoms. The summed E-state index contributed by atoms with van der Waals surface area (Å²) < 4.78 is 14.7. The molecule has 0 aliphatic rings. The van der Waals surface area contributed by atoms with Crippen molar-refractivity contribution in [3.05, 3.63) is 105 Å². The van der Waals surface area contributed by atoms with Crippen LogP contribution in [0, 0.1) is 5.82 Å². The first-order valence-corrected chi connectivity index (χ1v) is 13.8. The van der Waals surface area contributed by atoms with E-state index < -0.39 is 17.4 Å². The van der Waals surface area contributed by atoms with Crippen LogP contribution in [0.4, 0.5) is 4.39 Å². The van der Waals surface area contributed by atoms with Crippen LogP contribution in [0.15, 0.2) is 72.8 Å². The second-order valence-electron chi connectivity index (χ2n) is 9.80. The molecule has 0 radical (unpaired) electrons.